The number of H-pyrrole nitrogens is 1. The first-order valence-corrected chi connectivity index (χ1v) is 15.9. The van der Waals surface area contributed by atoms with Crippen molar-refractivity contribution < 1.29 is 14.3 Å². The van der Waals surface area contributed by atoms with E-state index in [0.717, 1.165) is 33.8 Å². The van der Waals surface area contributed by atoms with E-state index >= 15 is 0 Å². The third-order valence-electron chi connectivity index (χ3n) is 7.80. The molecule has 0 spiro atoms. The second-order valence-corrected chi connectivity index (χ2v) is 11.4. The highest BCUT2D eigenvalue weighted by atomic mass is 32.2. The number of nitrogens with one attached hydrogen (secondary N) is 3. The number of esters is 1. The third kappa shape index (κ3) is 6.55. The maximum absolute atomic E-state index is 13.1. The fourth-order valence-corrected chi connectivity index (χ4v) is 6.16. The number of methoxy groups -OCH3 is 1. The van der Waals surface area contributed by atoms with Crippen LogP contribution in [0.2, 0.25) is 0 Å². The quantitative estimate of drug-likeness (QED) is 0.103. The number of benzene rings is 4. The third-order valence-corrected chi connectivity index (χ3v) is 8.44. The van der Waals surface area contributed by atoms with Gasteiger partial charge >= 0.3 is 5.97 Å². The lowest BCUT2D eigenvalue weighted by molar-refractivity contribution is -0.142. The molecule has 7 nitrogen and oxygen atoms in total. The summed E-state index contributed by atoms with van der Waals surface area (Å²) in [6, 6.07) is 37.6. The number of imidazole rings is 1. The van der Waals surface area contributed by atoms with Crippen molar-refractivity contribution in [2.75, 3.05) is 24.4 Å². The SMILES string of the molecule is COC(=O)[C@H](CCSC)NC(=O)c1ccc(NC(c2c[nH]cn2)C(c2ccccc2)(c2ccccc2)c2ccccc2)cc1. The molecule has 0 saturated heterocycles. The van der Waals surface area contributed by atoms with E-state index in [1.54, 1.807) is 30.2 Å². The molecule has 0 saturated carbocycles. The monoisotopic (exact) mass is 604 g/mol. The van der Waals surface area contributed by atoms with Crippen molar-refractivity contribution in [3.8, 4) is 0 Å². The van der Waals surface area contributed by atoms with Crippen LogP contribution in [0.25, 0.3) is 0 Å². The van der Waals surface area contributed by atoms with E-state index in [0.29, 0.717) is 12.0 Å². The van der Waals surface area contributed by atoms with E-state index in [-0.39, 0.29) is 11.9 Å². The molecular weight excluding hydrogens is 568 g/mol. The molecule has 1 heterocycles. The number of aromatic nitrogens is 2. The van der Waals surface area contributed by atoms with E-state index < -0.39 is 17.4 Å². The molecule has 4 aromatic carbocycles. The molecule has 44 heavy (non-hydrogen) atoms. The number of anilines is 1. The summed E-state index contributed by atoms with van der Waals surface area (Å²) in [6.07, 6.45) is 6.06. The highest BCUT2D eigenvalue weighted by molar-refractivity contribution is 7.98. The number of carbonyl (C=O) groups excluding carboxylic acids is 2. The van der Waals surface area contributed by atoms with Crippen LogP contribution in [0.1, 0.15) is 45.2 Å². The Kier molecular flexibility index (Phi) is 10.1. The van der Waals surface area contributed by atoms with Crippen LogP contribution in [-0.4, -0.2) is 47.0 Å². The Hall–Kier alpha value is -4.82. The lowest BCUT2D eigenvalue weighted by atomic mass is 9.63. The summed E-state index contributed by atoms with van der Waals surface area (Å²) in [5.74, 6) is -0.0561. The van der Waals surface area contributed by atoms with Gasteiger partial charge in [0, 0.05) is 17.4 Å². The van der Waals surface area contributed by atoms with Crippen LogP contribution >= 0.6 is 11.8 Å². The summed E-state index contributed by atoms with van der Waals surface area (Å²) in [5.41, 5.74) is 4.73. The summed E-state index contributed by atoms with van der Waals surface area (Å²) >= 11 is 1.61. The van der Waals surface area contributed by atoms with Gasteiger partial charge in [-0.25, -0.2) is 9.78 Å². The van der Waals surface area contributed by atoms with E-state index in [4.69, 9.17) is 9.72 Å². The van der Waals surface area contributed by atoms with Crippen molar-refractivity contribution in [2.24, 2.45) is 0 Å². The van der Waals surface area contributed by atoms with Crippen LogP contribution in [0.3, 0.4) is 0 Å². The molecule has 1 amide bonds. The summed E-state index contributed by atoms with van der Waals surface area (Å²) in [6.45, 7) is 0. The van der Waals surface area contributed by atoms with Crippen molar-refractivity contribution in [3.63, 3.8) is 0 Å². The molecule has 1 aromatic heterocycles. The first-order valence-electron chi connectivity index (χ1n) is 14.5. The van der Waals surface area contributed by atoms with Crippen LogP contribution in [0.15, 0.2) is 128 Å². The van der Waals surface area contributed by atoms with Crippen LogP contribution in [0.4, 0.5) is 5.69 Å². The van der Waals surface area contributed by atoms with E-state index in [1.165, 1.54) is 7.11 Å². The number of ether oxygens (including phenoxy) is 1. The van der Waals surface area contributed by atoms with E-state index in [2.05, 4.69) is 88.4 Å². The van der Waals surface area contributed by atoms with Crippen molar-refractivity contribution in [3.05, 3.63) is 156 Å². The minimum absolute atomic E-state index is 0.330. The zero-order valence-electron chi connectivity index (χ0n) is 24.8. The summed E-state index contributed by atoms with van der Waals surface area (Å²) < 4.78 is 4.90. The Morgan fingerprint density at radius 3 is 1.84 bits per heavy atom. The molecular formula is C36H36N4O3S. The summed E-state index contributed by atoms with van der Waals surface area (Å²) in [4.78, 5) is 33.3. The zero-order chi connectivity index (χ0) is 30.8. The van der Waals surface area contributed by atoms with Gasteiger partial charge in [0.25, 0.3) is 5.91 Å². The fraction of sp³-hybridized carbons (Fsp3) is 0.194. The van der Waals surface area contributed by atoms with E-state index in [9.17, 15) is 9.59 Å². The molecule has 1 unspecified atom stereocenters. The number of thioether (sulfide) groups is 1. The van der Waals surface area contributed by atoms with Crippen LogP contribution in [0.5, 0.6) is 0 Å². The predicted molar refractivity (Wildman–Crippen MR) is 177 cm³/mol. The summed E-state index contributed by atoms with van der Waals surface area (Å²) in [7, 11) is 1.33. The van der Waals surface area contributed by atoms with Gasteiger partial charge in [0.05, 0.1) is 30.6 Å². The molecule has 2 atom stereocenters. The average molecular weight is 605 g/mol. The number of amides is 1. The molecule has 5 rings (SSSR count). The minimum Gasteiger partial charge on any atom is -0.467 e. The molecule has 3 N–H and O–H groups in total. The highest BCUT2D eigenvalue weighted by Crippen LogP contribution is 2.49. The van der Waals surface area contributed by atoms with Gasteiger partial charge in [-0.05, 0) is 59.4 Å². The largest absolute Gasteiger partial charge is 0.467 e. The van der Waals surface area contributed by atoms with Crippen LogP contribution in [-0.2, 0) is 14.9 Å². The smallest absolute Gasteiger partial charge is 0.328 e. The number of rotatable bonds is 13. The number of carbonyl (C=O) groups is 2. The molecule has 0 aliphatic heterocycles. The Morgan fingerprint density at radius 2 is 1.39 bits per heavy atom. The second kappa shape index (κ2) is 14.6. The van der Waals surface area contributed by atoms with Gasteiger partial charge < -0.3 is 20.4 Å². The maximum atomic E-state index is 13.1. The summed E-state index contributed by atoms with van der Waals surface area (Å²) in [5, 5.41) is 6.62. The predicted octanol–water partition coefficient (Wildman–Crippen LogP) is 6.62. The van der Waals surface area contributed by atoms with Gasteiger partial charge in [0.2, 0.25) is 0 Å². The lowest BCUT2D eigenvalue weighted by Crippen LogP contribution is -2.42. The van der Waals surface area contributed by atoms with Crippen molar-refractivity contribution >= 4 is 29.3 Å². The lowest BCUT2D eigenvalue weighted by Gasteiger charge is -2.43. The van der Waals surface area contributed by atoms with Gasteiger partial charge in [0.1, 0.15) is 6.04 Å². The van der Waals surface area contributed by atoms with Gasteiger partial charge in [-0.1, -0.05) is 91.0 Å². The molecule has 8 heteroatoms. The number of hydrogen-bond donors (Lipinski definition) is 3. The van der Waals surface area contributed by atoms with Crippen molar-refractivity contribution in [1.29, 1.82) is 0 Å². The van der Waals surface area contributed by atoms with Gasteiger partial charge in [-0.15, -0.1) is 0 Å². The van der Waals surface area contributed by atoms with Gasteiger partial charge in [0.15, 0.2) is 0 Å². The Balaban J connectivity index is 1.56. The number of nitrogens with zero attached hydrogens (tertiary/aromatic N) is 1. The highest BCUT2D eigenvalue weighted by Gasteiger charge is 2.45. The van der Waals surface area contributed by atoms with Crippen LogP contribution in [0, 0.1) is 0 Å². The maximum Gasteiger partial charge on any atom is 0.328 e. The molecule has 224 valence electrons. The molecule has 5 aromatic rings. The zero-order valence-corrected chi connectivity index (χ0v) is 25.6. The van der Waals surface area contributed by atoms with Gasteiger partial charge in [-0.3, -0.25) is 4.79 Å². The normalized spacial score (nSPS) is 12.6. The first-order chi connectivity index (χ1) is 21.6. The van der Waals surface area contributed by atoms with Crippen LogP contribution < -0.4 is 10.6 Å². The Morgan fingerprint density at radius 1 is 0.841 bits per heavy atom. The molecule has 0 aliphatic rings. The van der Waals surface area contributed by atoms with Crippen molar-refractivity contribution in [1.82, 2.24) is 15.3 Å². The number of hydrogen-bond acceptors (Lipinski definition) is 6. The van der Waals surface area contributed by atoms with Gasteiger partial charge in [-0.2, -0.15) is 11.8 Å². The molecule has 0 radical (unpaired) electrons. The number of aromatic amines is 1. The average Bonchev–Trinajstić information content (AvgIpc) is 3.63. The topological polar surface area (TPSA) is 96.1 Å². The Bertz CT molecular complexity index is 1520. The second-order valence-electron chi connectivity index (χ2n) is 10.4. The Labute approximate surface area is 262 Å². The molecule has 0 fully saturated rings. The fourth-order valence-electron chi connectivity index (χ4n) is 5.69. The van der Waals surface area contributed by atoms with E-state index in [1.807, 2.05) is 42.8 Å². The first kappa shape index (κ1) is 30.6. The molecule has 0 aliphatic carbocycles. The molecule has 0 bridgehead atoms. The van der Waals surface area contributed by atoms with Crippen molar-refractivity contribution in [2.45, 2.75) is 23.9 Å². The minimum atomic E-state index is -0.704. The standard InChI is InChI=1S/C36H36N4O3S/c1-43-35(42)31(22-23-44-2)40-34(41)26-18-20-30(21-19-26)39-33(32-24-37-25-38-32)36(27-12-6-3-7-13-27,28-14-8-4-9-15-28)29-16-10-5-11-17-29/h3-21,24-25,31,33,39H,22-23H2,1-2H3,(H,37,38)(H,40,41)/t31-,33?/m0/s1.